The minimum absolute atomic E-state index is 0.0333. The third-order valence-corrected chi connectivity index (χ3v) is 4.56. The average Bonchev–Trinajstić information content (AvgIpc) is 3.18. The molecular formula is C19H25N5O2. The maximum absolute atomic E-state index is 13.2. The van der Waals surface area contributed by atoms with Gasteiger partial charge in [0, 0.05) is 45.1 Å². The Bertz CT molecular complexity index is 709. The number of carbonyl (C=O) groups excluding carboxylic acids is 2. The molecule has 0 spiro atoms. The lowest BCUT2D eigenvalue weighted by molar-refractivity contribution is -0.135. The Morgan fingerprint density at radius 1 is 1.12 bits per heavy atom. The normalized spacial score (nSPS) is 16.3. The molecule has 1 N–H and O–H groups in total. The molecule has 1 saturated heterocycles. The Hall–Kier alpha value is -2.67. The average molecular weight is 355 g/mol. The van der Waals surface area contributed by atoms with Crippen molar-refractivity contribution >= 4 is 11.8 Å². The highest BCUT2D eigenvalue weighted by Gasteiger charge is 2.30. The van der Waals surface area contributed by atoms with Crippen molar-refractivity contribution in [2.24, 2.45) is 0 Å². The van der Waals surface area contributed by atoms with E-state index in [0.29, 0.717) is 39.3 Å². The Kier molecular flexibility index (Phi) is 6.01. The predicted molar refractivity (Wildman–Crippen MR) is 98.5 cm³/mol. The molecule has 1 aliphatic rings. The first-order valence-electron chi connectivity index (χ1n) is 9.01. The predicted octanol–water partition coefficient (Wildman–Crippen LogP) is 0.753. The van der Waals surface area contributed by atoms with E-state index in [9.17, 15) is 9.59 Å². The fourth-order valence-electron chi connectivity index (χ4n) is 3.23. The second kappa shape index (κ2) is 8.62. The summed E-state index contributed by atoms with van der Waals surface area (Å²) in [4.78, 5) is 28.9. The number of aromatic nitrogens is 2. The quantitative estimate of drug-likeness (QED) is 0.830. The standard InChI is InChI=1S/C19H25N5O2/c1-2-20-17(25)15-22-11-13-23(14-12-22)19(26)18(24-10-6-9-21-24)16-7-4-3-5-8-16/h3-10,18H,2,11-15H2,1H3,(H,20,25). The van der Waals surface area contributed by atoms with Gasteiger partial charge >= 0.3 is 0 Å². The van der Waals surface area contributed by atoms with Crippen LogP contribution in [0.5, 0.6) is 0 Å². The number of rotatable bonds is 6. The minimum atomic E-state index is -0.457. The van der Waals surface area contributed by atoms with Crippen molar-refractivity contribution in [2.75, 3.05) is 39.3 Å². The largest absolute Gasteiger partial charge is 0.355 e. The Labute approximate surface area is 153 Å². The Morgan fingerprint density at radius 2 is 1.85 bits per heavy atom. The van der Waals surface area contributed by atoms with Crippen LogP contribution in [0.25, 0.3) is 0 Å². The van der Waals surface area contributed by atoms with Gasteiger partial charge in [-0.2, -0.15) is 5.10 Å². The summed E-state index contributed by atoms with van der Waals surface area (Å²) in [5, 5.41) is 7.10. The van der Waals surface area contributed by atoms with Crippen LogP contribution in [-0.2, 0) is 9.59 Å². The van der Waals surface area contributed by atoms with Crippen molar-refractivity contribution in [1.82, 2.24) is 24.9 Å². The van der Waals surface area contributed by atoms with Crippen molar-refractivity contribution < 1.29 is 9.59 Å². The number of hydrogen-bond donors (Lipinski definition) is 1. The molecule has 1 fully saturated rings. The molecule has 1 aromatic heterocycles. The lowest BCUT2D eigenvalue weighted by Crippen LogP contribution is -2.52. The molecule has 2 aromatic rings. The monoisotopic (exact) mass is 355 g/mol. The van der Waals surface area contributed by atoms with Crippen LogP contribution >= 0.6 is 0 Å². The molecule has 7 heteroatoms. The number of benzene rings is 1. The SMILES string of the molecule is CCNC(=O)CN1CCN(C(=O)C(c2ccccc2)n2cccn2)CC1. The zero-order chi connectivity index (χ0) is 18.4. The van der Waals surface area contributed by atoms with E-state index in [-0.39, 0.29) is 11.8 Å². The van der Waals surface area contributed by atoms with Gasteiger partial charge in [-0.3, -0.25) is 19.2 Å². The number of nitrogens with one attached hydrogen (secondary N) is 1. The molecule has 138 valence electrons. The molecule has 1 aromatic carbocycles. The maximum Gasteiger partial charge on any atom is 0.252 e. The number of piperazine rings is 1. The number of hydrogen-bond acceptors (Lipinski definition) is 4. The molecule has 0 aliphatic carbocycles. The molecule has 1 unspecified atom stereocenters. The molecule has 2 amide bonds. The van der Waals surface area contributed by atoms with E-state index < -0.39 is 6.04 Å². The third kappa shape index (κ3) is 4.29. The van der Waals surface area contributed by atoms with Crippen LogP contribution in [0.4, 0.5) is 0 Å². The summed E-state index contributed by atoms with van der Waals surface area (Å²) >= 11 is 0. The maximum atomic E-state index is 13.2. The van der Waals surface area contributed by atoms with Crippen molar-refractivity contribution in [1.29, 1.82) is 0 Å². The van der Waals surface area contributed by atoms with Crippen LogP contribution < -0.4 is 5.32 Å². The molecular weight excluding hydrogens is 330 g/mol. The van der Waals surface area contributed by atoms with Gasteiger partial charge < -0.3 is 10.2 Å². The van der Waals surface area contributed by atoms with E-state index in [2.05, 4.69) is 15.3 Å². The number of likely N-dealkylation sites (N-methyl/N-ethyl adjacent to an activating group) is 1. The second-order valence-electron chi connectivity index (χ2n) is 6.35. The molecule has 1 aliphatic heterocycles. The van der Waals surface area contributed by atoms with E-state index in [4.69, 9.17) is 0 Å². The first kappa shape index (κ1) is 18.1. The molecule has 26 heavy (non-hydrogen) atoms. The first-order valence-corrected chi connectivity index (χ1v) is 9.01. The van der Waals surface area contributed by atoms with E-state index >= 15 is 0 Å². The van der Waals surface area contributed by atoms with Gasteiger partial charge in [0.25, 0.3) is 5.91 Å². The lowest BCUT2D eigenvalue weighted by Gasteiger charge is -2.36. The zero-order valence-corrected chi connectivity index (χ0v) is 15.0. The van der Waals surface area contributed by atoms with E-state index in [0.717, 1.165) is 5.56 Å². The van der Waals surface area contributed by atoms with Gasteiger partial charge in [-0.1, -0.05) is 30.3 Å². The summed E-state index contributed by atoms with van der Waals surface area (Å²) in [6.07, 6.45) is 3.51. The van der Waals surface area contributed by atoms with Crippen LogP contribution in [0.2, 0.25) is 0 Å². The van der Waals surface area contributed by atoms with Gasteiger partial charge in [-0.05, 0) is 18.6 Å². The third-order valence-electron chi connectivity index (χ3n) is 4.56. The molecule has 0 saturated carbocycles. The fourth-order valence-corrected chi connectivity index (χ4v) is 3.23. The summed E-state index contributed by atoms with van der Waals surface area (Å²) in [5.74, 6) is 0.0727. The Morgan fingerprint density at radius 3 is 2.46 bits per heavy atom. The molecule has 3 rings (SSSR count). The molecule has 2 heterocycles. The summed E-state index contributed by atoms with van der Waals surface area (Å²) in [6.45, 7) is 5.56. The topological polar surface area (TPSA) is 70.5 Å². The molecule has 0 bridgehead atoms. The molecule has 1 atom stereocenters. The summed E-state index contributed by atoms with van der Waals surface area (Å²) in [5.41, 5.74) is 0.922. The van der Waals surface area contributed by atoms with Crippen molar-refractivity contribution in [3.8, 4) is 0 Å². The van der Waals surface area contributed by atoms with Crippen LogP contribution in [0, 0.1) is 0 Å². The lowest BCUT2D eigenvalue weighted by atomic mass is 10.1. The van der Waals surface area contributed by atoms with Crippen molar-refractivity contribution in [3.63, 3.8) is 0 Å². The smallest absolute Gasteiger partial charge is 0.252 e. The first-order chi connectivity index (χ1) is 12.7. The molecule has 7 nitrogen and oxygen atoms in total. The number of carbonyl (C=O) groups is 2. The minimum Gasteiger partial charge on any atom is -0.355 e. The van der Waals surface area contributed by atoms with Gasteiger partial charge in [0.2, 0.25) is 5.91 Å². The highest BCUT2D eigenvalue weighted by molar-refractivity contribution is 5.83. The van der Waals surface area contributed by atoms with Crippen LogP contribution in [0.3, 0.4) is 0 Å². The van der Waals surface area contributed by atoms with E-state index in [1.165, 1.54) is 0 Å². The van der Waals surface area contributed by atoms with Gasteiger partial charge in [0.1, 0.15) is 0 Å². The van der Waals surface area contributed by atoms with Crippen molar-refractivity contribution in [3.05, 3.63) is 54.4 Å². The van der Waals surface area contributed by atoms with Crippen LogP contribution in [0.1, 0.15) is 18.5 Å². The van der Waals surface area contributed by atoms with Crippen LogP contribution in [-0.4, -0.2) is 70.7 Å². The zero-order valence-electron chi connectivity index (χ0n) is 15.0. The highest BCUT2D eigenvalue weighted by Crippen LogP contribution is 2.21. The second-order valence-corrected chi connectivity index (χ2v) is 6.35. The molecule has 0 radical (unpaired) electrons. The summed E-state index contributed by atoms with van der Waals surface area (Å²) < 4.78 is 1.71. The van der Waals surface area contributed by atoms with Gasteiger partial charge in [0.15, 0.2) is 6.04 Å². The Balaban J connectivity index is 1.67. The van der Waals surface area contributed by atoms with E-state index in [1.807, 2.05) is 54.4 Å². The van der Waals surface area contributed by atoms with E-state index in [1.54, 1.807) is 10.9 Å². The van der Waals surface area contributed by atoms with Gasteiger partial charge in [-0.25, -0.2) is 0 Å². The summed E-state index contributed by atoms with van der Waals surface area (Å²) in [7, 11) is 0. The van der Waals surface area contributed by atoms with Crippen LogP contribution in [0.15, 0.2) is 48.8 Å². The number of amides is 2. The highest BCUT2D eigenvalue weighted by atomic mass is 16.2. The van der Waals surface area contributed by atoms with Crippen molar-refractivity contribution in [2.45, 2.75) is 13.0 Å². The van der Waals surface area contributed by atoms with Gasteiger partial charge in [-0.15, -0.1) is 0 Å². The fraction of sp³-hybridized carbons (Fsp3) is 0.421. The number of nitrogens with zero attached hydrogens (tertiary/aromatic N) is 4. The summed E-state index contributed by atoms with van der Waals surface area (Å²) in [6, 6.07) is 11.1. The van der Waals surface area contributed by atoms with Gasteiger partial charge in [0.05, 0.1) is 6.54 Å².